The molecule has 0 saturated heterocycles. The summed E-state index contributed by atoms with van der Waals surface area (Å²) in [5.41, 5.74) is 3.37. The van der Waals surface area contributed by atoms with Gasteiger partial charge in [0.15, 0.2) is 0 Å². The number of aromatic nitrogens is 3. The number of aliphatic hydroxyl groups excluding tert-OH is 1. The van der Waals surface area contributed by atoms with Gasteiger partial charge < -0.3 is 9.67 Å². The molecular formula is C20H17N3O. The number of rotatable bonds is 4. The zero-order chi connectivity index (χ0) is 16.4. The van der Waals surface area contributed by atoms with Gasteiger partial charge >= 0.3 is 0 Å². The third-order valence-corrected chi connectivity index (χ3v) is 4.32. The Balaban J connectivity index is 1.79. The maximum Gasteiger partial charge on any atom is 0.0952 e. The molecule has 2 aromatic heterocycles. The minimum absolute atomic E-state index is 0.0336. The summed E-state index contributed by atoms with van der Waals surface area (Å²) >= 11 is 0. The number of aliphatic hydroxyl groups is 1. The molecule has 0 fully saturated rings. The third-order valence-electron chi connectivity index (χ3n) is 4.32. The molecule has 2 heterocycles. The van der Waals surface area contributed by atoms with Crippen LogP contribution in [-0.4, -0.2) is 26.2 Å². The predicted molar refractivity (Wildman–Crippen MR) is 94.6 cm³/mol. The molecule has 2 aromatic carbocycles. The van der Waals surface area contributed by atoms with Gasteiger partial charge in [-0.2, -0.15) is 0 Å². The molecule has 4 heteroatoms. The molecule has 4 nitrogen and oxygen atoms in total. The molecule has 0 radical (unpaired) electrons. The molecule has 0 amide bonds. The van der Waals surface area contributed by atoms with Gasteiger partial charge in [0.2, 0.25) is 0 Å². The normalized spacial score (nSPS) is 12.4. The van der Waals surface area contributed by atoms with E-state index in [1.807, 2.05) is 22.9 Å². The van der Waals surface area contributed by atoms with Crippen molar-refractivity contribution in [2.45, 2.75) is 6.04 Å². The van der Waals surface area contributed by atoms with E-state index in [0.29, 0.717) is 0 Å². The van der Waals surface area contributed by atoms with E-state index in [2.05, 4.69) is 46.4 Å². The first-order valence-electron chi connectivity index (χ1n) is 7.87. The fourth-order valence-electron chi connectivity index (χ4n) is 3.02. The number of hydrogen-bond donors (Lipinski definition) is 1. The number of pyridine rings is 1. The van der Waals surface area contributed by atoms with Crippen molar-refractivity contribution >= 4 is 10.8 Å². The van der Waals surface area contributed by atoms with E-state index >= 15 is 0 Å². The molecule has 1 N–H and O–H groups in total. The summed E-state index contributed by atoms with van der Waals surface area (Å²) in [6.45, 7) is 0.0336. The van der Waals surface area contributed by atoms with Crippen LogP contribution < -0.4 is 0 Å². The second kappa shape index (κ2) is 6.26. The van der Waals surface area contributed by atoms with Crippen LogP contribution in [0.15, 0.2) is 79.6 Å². The topological polar surface area (TPSA) is 50.9 Å². The van der Waals surface area contributed by atoms with E-state index < -0.39 is 0 Å². The molecular weight excluding hydrogens is 298 g/mol. The van der Waals surface area contributed by atoms with Crippen LogP contribution in [0.25, 0.3) is 21.9 Å². The highest BCUT2D eigenvalue weighted by Gasteiger charge is 2.12. The van der Waals surface area contributed by atoms with Gasteiger partial charge in [-0.05, 0) is 51.7 Å². The molecule has 24 heavy (non-hydrogen) atoms. The Morgan fingerprint density at radius 1 is 0.833 bits per heavy atom. The molecule has 0 aliphatic rings. The molecule has 4 rings (SSSR count). The summed E-state index contributed by atoms with van der Waals surface area (Å²) in [6.07, 6.45) is 8.94. The molecule has 1 unspecified atom stereocenters. The lowest BCUT2D eigenvalue weighted by Crippen LogP contribution is -2.12. The standard InChI is InChI=1S/C20H17N3O/c24-13-20(23-10-9-22-14-23)18-4-2-15-1-3-17(11-19(15)12-18)16-5-7-21-8-6-16/h1-12,14,20,24H,13H2. The molecule has 0 spiro atoms. The van der Waals surface area contributed by atoms with E-state index in [-0.39, 0.29) is 12.6 Å². The number of fused-ring (bicyclic) bond motifs is 1. The Morgan fingerprint density at radius 2 is 1.67 bits per heavy atom. The zero-order valence-corrected chi connectivity index (χ0v) is 13.1. The quantitative estimate of drug-likeness (QED) is 0.625. The number of nitrogens with zero attached hydrogens (tertiary/aromatic N) is 3. The van der Waals surface area contributed by atoms with Crippen LogP contribution in [0, 0.1) is 0 Å². The Hall–Kier alpha value is -2.98. The van der Waals surface area contributed by atoms with Gasteiger partial charge in [0, 0.05) is 24.8 Å². The van der Waals surface area contributed by atoms with Gasteiger partial charge in [-0.25, -0.2) is 4.98 Å². The summed E-state index contributed by atoms with van der Waals surface area (Å²) in [4.78, 5) is 8.15. The first-order valence-corrected chi connectivity index (χ1v) is 7.87. The van der Waals surface area contributed by atoms with Crippen molar-refractivity contribution < 1.29 is 5.11 Å². The van der Waals surface area contributed by atoms with E-state index in [1.165, 1.54) is 5.39 Å². The number of imidazole rings is 1. The Morgan fingerprint density at radius 3 is 2.42 bits per heavy atom. The van der Waals surface area contributed by atoms with Crippen molar-refractivity contribution in [3.05, 3.63) is 85.2 Å². The molecule has 0 saturated carbocycles. The van der Waals surface area contributed by atoms with Crippen LogP contribution in [0.4, 0.5) is 0 Å². The van der Waals surface area contributed by atoms with Gasteiger partial charge in [-0.1, -0.05) is 24.3 Å². The average Bonchev–Trinajstić information content (AvgIpc) is 3.17. The molecule has 0 bridgehead atoms. The largest absolute Gasteiger partial charge is 0.394 e. The van der Waals surface area contributed by atoms with Gasteiger partial charge in [0.1, 0.15) is 0 Å². The van der Waals surface area contributed by atoms with Crippen molar-refractivity contribution in [2.24, 2.45) is 0 Å². The third kappa shape index (κ3) is 2.68. The van der Waals surface area contributed by atoms with E-state index in [9.17, 15) is 5.11 Å². The fourth-order valence-corrected chi connectivity index (χ4v) is 3.02. The van der Waals surface area contributed by atoms with Crippen molar-refractivity contribution in [3.8, 4) is 11.1 Å². The van der Waals surface area contributed by atoms with E-state index in [1.54, 1.807) is 24.9 Å². The molecule has 0 aliphatic carbocycles. The van der Waals surface area contributed by atoms with Crippen LogP contribution in [0.3, 0.4) is 0 Å². The molecule has 1 atom stereocenters. The highest BCUT2D eigenvalue weighted by molar-refractivity contribution is 5.88. The number of hydrogen-bond acceptors (Lipinski definition) is 3. The Kier molecular flexibility index (Phi) is 3.81. The van der Waals surface area contributed by atoms with E-state index in [4.69, 9.17) is 0 Å². The second-order valence-electron chi connectivity index (χ2n) is 5.77. The van der Waals surface area contributed by atoms with E-state index in [0.717, 1.165) is 22.1 Å². The lowest BCUT2D eigenvalue weighted by Gasteiger charge is -2.17. The van der Waals surface area contributed by atoms with Gasteiger partial charge in [0.25, 0.3) is 0 Å². The number of benzene rings is 2. The molecule has 118 valence electrons. The smallest absolute Gasteiger partial charge is 0.0952 e. The first-order chi connectivity index (χ1) is 11.8. The van der Waals surface area contributed by atoms with Crippen molar-refractivity contribution in [2.75, 3.05) is 6.61 Å². The van der Waals surface area contributed by atoms with Crippen LogP contribution in [0.2, 0.25) is 0 Å². The van der Waals surface area contributed by atoms with Crippen molar-refractivity contribution in [1.29, 1.82) is 0 Å². The Labute approximate surface area is 140 Å². The van der Waals surface area contributed by atoms with Gasteiger partial charge in [0.05, 0.1) is 19.0 Å². The van der Waals surface area contributed by atoms with Gasteiger partial charge in [-0.15, -0.1) is 0 Å². The summed E-state index contributed by atoms with van der Waals surface area (Å²) in [6, 6.07) is 16.6. The second-order valence-corrected chi connectivity index (χ2v) is 5.77. The molecule has 4 aromatic rings. The summed E-state index contributed by atoms with van der Waals surface area (Å²) < 4.78 is 1.92. The first kappa shape index (κ1) is 14.6. The summed E-state index contributed by atoms with van der Waals surface area (Å²) in [7, 11) is 0. The predicted octanol–water partition coefficient (Wildman–Crippen LogP) is 3.68. The van der Waals surface area contributed by atoms with Crippen LogP contribution >= 0.6 is 0 Å². The highest BCUT2D eigenvalue weighted by Crippen LogP contribution is 2.27. The van der Waals surface area contributed by atoms with Crippen molar-refractivity contribution in [1.82, 2.24) is 14.5 Å². The molecule has 0 aliphatic heterocycles. The zero-order valence-electron chi connectivity index (χ0n) is 13.1. The fraction of sp³-hybridized carbons (Fsp3) is 0.100. The van der Waals surface area contributed by atoms with Crippen LogP contribution in [-0.2, 0) is 0 Å². The maximum atomic E-state index is 9.80. The summed E-state index contributed by atoms with van der Waals surface area (Å²) in [5.74, 6) is 0. The Bertz CT molecular complexity index is 949. The highest BCUT2D eigenvalue weighted by atomic mass is 16.3. The van der Waals surface area contributed by atoms with Crippen LogP contribution in [0.1, 0.15) is 11.6 Å². The lowest BCUT2D eigenvalue weighted by molar-refractivity contribution is 0.249. The average molecular weight is 315 g/mol. The monoisotopic (exact) mass is 315 g/mol. The van der Waals surface area contributed by atoms with Crippen LogP contribution in [0.5, 0.6) is 0 Å². The van der Waals surface area contributed by atoms with Gasteiger partial charge in [-0.3, -0.25) is 4.98 Å². The minimum Gasteiger partial charge on any atom is -0.394 e. The maximum absolute atomic E-state index is 9.80. The van der Waals surface area contributed by atoms with Crippen molar-refractivity contribution in [3.63, 3.8) is 0 Å². The minimum atomic E-state index is -0.124. The summed E-state index contributed by atoms with van der Waals surface area (Å²) in [5, 5.41) is 12.1. The SMILES string of the molecule is OCC(c1ccc2ccc(-c3ccncc3)cc2c1)n1ccnc1. The lowest BCUT2D eigenvalue weighted by atomic mass is 9.98.